The number of allylic oxidation sites excluding steroid dienone is 2. The molecular formula is C38H44Br2O2. The van der Waals surface area contributed by atoms with E-state index < -0.39 is 21.7 Å². The molecule has 2 aromatic carbocycles. The zero-order valence-electron chi connectivity index (χ0n) is 25.9. The van der Waals surface area contributed by atoms with Gasteiger partial charge < -0.3 is 0 Å². The summed E-state index contributed by atoms with van der Waals surface area (Å²) in [6, 6.07) is 20.6. The number of hydrogen-bond donors (Lipinski definition) is 0. The fraction of sp³-hybridized carbons (Fsp3) is 0.526. The first-order valence-electron chi connectivity index (χ1n) is 15.6. The number of fused-ring (bicyclic) bond motifs is 4. The molecule has 6 atom stereocenters. The summed E-state index contributed by atoms with van der Waals surface area (Å²) in [5, 5.41) is 0. The van der Waals surface area contributed by atoms with Crippen LogP contribution in [-0.4, -0.2) is 11.6 Å². The molecule has 0 amide bonds. The molecule has 0 aliphatic heterocycles. The Morgan fingerprint density at radius 1 is 0.643 bits per heavy atom. The van der Waals surface area contributed by atoms with Gasteiger partial charge in [-0.15, -0.1) is 0 Å². The van der Waals surface area contributed by atoms with Crippen LogP contribution in [0, 0.1) is 44.3 Å². The third-order valence-electron chi connectivity index (χ3n) is 13.4. The first-order chi connectivity index (χ1) is 19.7. The maximum Gasteiger partial charge on any atom is 0.147 e. The fourth-order valence-electron chi connectivity index (χ4n) is 10.7. The number of benzene rings is 2. The smallest absolute Gasteiger partial charge is 0.147 e. The lowest BCUT2D eigenvalue weighted by Gasteiger charge is -2.55. The van der Waals surface area contributed by atoms with Gasteiger partial charge in [-0.05, 0) is 93.4 Å². The first-order valence-corrected chi connectivity index (χ1v) is 17.2. The third-order valence-corrected chi connectivity index (χ3v) is 14.4. The standard InChI is InChI=1S/C38H44Br2O2/c1-33(2)29-17-19-35(33,5)31(41)37(29,23-27(39)21-25-13-9-7-10-14-25)38(24-28(40)22-26-15-11-8-12-16-26)30-18-20-36(6,32(38)42)34(30,3)4/h7-16,21-22,29-30H,17-20,23-24H2,1-6H3. The van der Waals surface area contributed by atoms with E-state index in [1.54, 1.807) is 0 Å². The van der Waals surface area contributed by atoms with Crippen molar-refractivity contribution < 1.29 is 9.59 Å². The highest BCUT2D eigenvalue weighted by Gasteiger charge is 2.85. The van der Waals surface area contributed by atoms with Gasteiger partial charge in [-0.25, -0.2) is 0 Å². The van der Waals surface area contributed by atoms with Crippen LogP contribution in [0.2, 0.25) is 0 Å². The van der Waals surface area contributed by atoms with Gasteiger partial charge in [-0.1, -0.05) is 134 Å². The van der Waals surface area contributed by atoms with Crippen molar-refractivity contribution in [3.05, 3.63) is 80.8 Å². The molecule has 0 radical (unpaired) electrons. The van der Waals surface area contributed by atoms with Crippen LogP contribution >= 0.6 is 31.9 Å². The maximum absolute atomic E-state index is 15.4. The van der Waals surface area contributed by atoms with Crippen LogP contribution in [0.5, 0.6) is 0 Å². The molecule has 4 heteroatoms. The molecule has 4 saturated carbocycles. The van der Waals surface area contributed by atoms with E-state index in [2.05, 4.69) is 110 Å². The van der Waals surface area contributed by atoms with E-state index >= 15 is 9.59 Å². The Morgan fingerprint density at radius 2 is 0.976 bits per heavy atom. The predicted octanol–water partition coefficient (Wildman–Crippen LogP) is 10.7. The molecule has 6 unspecified atom stereocenters. The van der Waals surface area contributed by atoms with E-state index in [9.17, 15) is 0 Å². The van der Waals surface area contributed by atoms with Crippen molar-refractivity contribution in [1.82, 2.24) is 0 Å². The molecule has 4 fully saturated rings. The van der Waals surface area contributed by atoms with E-state index in [-0.39, 0.29) is 22.7 Å². The fourth-order valence-corrected chi connectivity index (χ4v) is 12.1. The van der Waals surface area contributed by atoms with E-state index in [0.29, 0.717) is 24.4 Å². The Hall–Kier alpha value is -1.78. The van der Waals surface area contributed by atoms with Gasteiger partial charge in [0.25, 0.3) is 0 Å². The number of hydrogen-bond acceptors (Lipinski definition) is 2. The molecule has 0 spiro atoms. The Kier molecular flexibility index (Phi) is 7.10. The highest BCUT2D eigenvalue weighted by molar-refractivity contribution is 9.12. The zero-order chi connectivity index (χ0) is 30.3. The zero-order valence-corrected chi connectivity index (χ0v) is 29.1. The van der Waals surface area contributed by atoms with E-state index in [1.165, 1.54) is 0 Å². The molecule has 4 aliphatic carbocycles. The van der Waals surface area contributed by atoms with Crippen molar-refractivity contribution in [2.45, 2.75) is 80.1 Å². The minimum atomic E-state index is -0.797. The summed E-state index contributed by atoms with van der Waals surface area (Å²) in [7, 11) is 0. The molecule has 0 N–H and O–H groups in total. The Morgan fingerprint density at radius 3 is 1.26 bits per heavy atom. The summed E-state index contributed by atoms with van der Waals surface area (Å²) in [5.74, 6) is 0.905. The normalized spacial score (nSPS) is 38.5. The molecule has 2 nitrogen and oxygen atoms in total. The third kappa shape index (κ3) is 3.73. The van der Waals surface area contributed by atoms with E-state index in [4.69, 9.17) is 0 Å². The average molecular weight is 693 g/mol. The maximum atomic E-state index is 15.4. The van der Waals surface area contributed by atoms with Crippen molar-refractivity contribution >= 4 is 55.6 Å². The highest BCUT2D eigenvalue weighted by Crippen LogP contribution is 2.84. The molecule has 0 saturated heterocycles. The van der Waals surface area contributed by atoms with Gasteiger partial charge in [-0.2, -0.15) is 0 Å². The van der Waals surface area contributed by atoms with Gasteiger partial charge in [0.1, 0.15) is 11.6 Å². The van der Waals surface area contributed by atoms with Crippen LogP contribution in [0.1, 0.15) is 91.2 Å². The number of halogens is 2. The van der Waals surface area contributed by atoms with Crippen LogP contribution in [0.15, 0.2) is 69.6 Å². The lowest BCUT2D eigenvalue weighted by Crippen LogP contribution is -2.60. The highest BCUT2D eigenvalue weighted by atomic mass is 79.9. The summed E-state index contributed by atoms with van der Waals surface area (Å²) >= 11 is 7.98. The second kappa shape index (κ2) is 9.86. The van der Waals surface area contributed by atoms with E-state index in [1.807, 2.05) is 36.4 Å². The molecular weight excluding hydrogens is 648 g/mol. The second-order valence-corrected chi connectivity index (χ2v) is 17.3. The topological polar surface area (TPSA) is 34.1 Å². The number of ketones is 2. The molecule has 0 heterocycles. The average Bonchev–Trinajstić information content (AvgIpc) is 3.42. The Labute approximate surface area is 269 Å². The molecule has 0 aromatic heterocycles. The molecule has 42 heavy (non-hydrogen) atoms. The summed E-state index contributed by atoms with van der Waals surface area (Å²) < 4.78 is 2.02. The van der Waals surface area contributed by atoms with Crippen LogP contribution in [0.3, 0.4) is 0 Å². The second-order valence-electron chi connectivity index (χ2n) is 15.2. The van der Waals surface area contributed by atoms with Gasteiger partial charge in [-0.3, -0.25) is 9.59 Å². The predicted molar refractivity (Wildman–Crippen MR) is 180 cm³/mol. The summed E-state index contributed by atoms with van der Waals surface area (Å²) in [5.41, 5.74) is -0.679. The summed E-state index contributed by atoms with van der Waals surface area (Å²) in [4.78, 5) is 30.9. The van der Waals surface area contributed by atoms with Gasteiger partial charge in [0.05, 0.1) is 10.8 Å². The van der Waals surface area contributed by atoms with Crippen LogP contribution in [0.4, 0.5) is 0 Å². The molecule has 222 valence electrons. The van der Waals surface area contributed by atoms with Crippen LogP contribution in [-0.2, 0) is 9.59 Å². The van der Waals surface area contributed by atoms with Gasteiger partial charge in [0.2, 0.25) is 0 Å². The Balaban J connectivity index is 1.61. The van der Waals surface area contributed by atoms with Crippen molar-refractivity contribution in [3.8, 4) is 0 Å². The molecule has 2 aromatic rings. The largest absolute Gasteiger partial charge is 0.298 e. The lowest BCUT2D eigenvalue weighted by molar-refractivity contribution is -0.164. The van der Waals surface area contributed by atoms with Gasteiger partial charge in [0, 0.05) is 10.8 Å². The van der Waals surface area contributed by atoms with Gasteiger partial charge >= 0.3 is 0 Å². The summed E-state index contributed by atoms with van der Waals surface area (Å²) in [6.07, 6.45) is 9.24. The lowest BCUT2D eigenvalue weighted by atomic mass is 9.45. The van der Waals surface area contributed by atoms with Crippen molar-refractivity contribution in [3.63, 3.8) is 0 Å². The SMILES string of the molecule is CC12CCC(C1(C)C)C(CC(Br)=Cc1ccccc1)(C1(CC(Br)=Cc3ccccc3)C(=O)C3(C)CCC1C3(C)C)C2=O. The number of Topliss-reactive ketones (excluding diaryl/α,β-unsaturated/α-hetero) is 2. The Bertz CT molecular complexity index is 1370. The number of carbonyl (C=O) groups is 2. The molecule has 4 bridgehead atoms. The molecule has 6 rings (SSSR count). The van der Waals surface area contributed by atoms with Crippen LogP contribution < -0.4 is 0 Å². The van der Waals surface area contributed by atoms with Crippen LogP contribution in [0.25, 0.3) is 12.2 Å². The monoisotopic (exact) mass is 690 g/mol. The number of rotatable bonds is 7. The van der Waals surface area contributed by atoms with Gasteiger partial charge in [0.15, 0.2) is 0 Å². The van der Waals surface area contributed by atoms with E-state index in [0.717, 1.165) is 45.8 Å². The number of carbonyl (C=O) groups excluding carboxylic acids is 2. The minimum absolute atomic E-state index is 0.124. The van der Waals surface area contributed by atoms with Crippen molar-refractivity contribution in [1.29, 1.82) is 0 Å². The molecule has 4 aliphatic rings. The van der Waals surface area contributed by atoms with Crippen molar-refractivity contribution in [2.75, 3.05) is 0 Å². The summed E-state index contributed by atoms with van der Waals surface area (Å²) in [6.45, 7) is 13.7. The van der Waals surface area contributed by atoms with Crippen molar-refractivity contribution in [2.24, 2.45) is 44.3 Å². The minimum Gasteiger partial charge on any atom is -0.298 e. The first kappa shape index (κ1) is 30.3. The quantitative estimate of drug-likeness (QED) is 0.290.